The molecular weight excluding hydrogens is 389 g/mol. The quantitative estimate of drug-likeness (QED) is 0.701. The smallest absolute Gasteiger partial charge is 0.404 e. The molecule has 0 amide bonds. The Kier molecular flexibility index (Phi) is 6.77. The number of nitrogens with one attached hydrogen (secondary N) is 2. The summed E-state index contributed by atoms with van der Waals surface area (Å²) in [6.45, 7) is 0.495. The van der Waals surface area contributed by atoms with Crippen LogP contribution in [0.3, 0.4) is 0 Å². The molecule has 7 nitrogen and oxygen atoms in total. The number of halogens is 4. The molecule has 0 unspecified atom stereocenters. The predicted molar refractivity (Wildman–Crippen MR) is 94.9 cm³/mol. The number of ether oxygens (including phenoxy) is 1. The Hall–Kier alpha value is -2.20. The van der Waals surface area contributed by atoms with E-state index < -0.39 is 12.1 Å². The van der Waals surface area contributed by atoms with Gasteiger partial charge in [0.05, 0.1) is 5.69 Å². The molecule has 150 valence electrons. The molecule has 1 aromatic heterocycles. The van der Waals surface area contributed by atoms with Gasteiger partial charge in [-0.25, -0.2) is 9.89 Å². The molecule has 0 saturated heterocycles. The van der Waals surface area contributed by atoms with Crippen LogP contribution in [0.1, 0.15) is 25.7 Å². The second-order valence-corrected chi connectivity index (χ2v) is 6.34. The van der Waals surface area contributed by atoms with E-state index in [1.807, 2.05) is 0 Å². The highest BCUT2D eigenvalue weighted by atomic mass is 35.5. The summed E-state index contributed by atoms with van der Waals surface area (Å²) in [4.78, 5) is 11.1. The Morgan fingerprint density at radius 2 is 2.00 bits per heavy atom. The molecule has 27 heavy (non-hydrogen) atoms. The van der Waals surface area contributed by atoms with Crippen molar-refractivity contribution in [2.45, 2.75) is 38.1 Å². The van der Waals surface area contributed by atoms with E-state index in [2.05, 4.69) is 20.3 Å². The summed E-state index contributed by atoms with van der Waals surface area (Å²) in [6, 6.07) is 4.11. The lowest BCUT2D eigenvalue weighted by atomic mass is 9.86. The largest absolute Gasteiger partial charge is 0.573 e. The van der Waals surface area contributed by atoms with Crippen LogP contribution in [0.15, 0.2) is 27.4 Å². The topological polar surface area (TPSA) is 106 Å². The normalized spacial score (nSPS) is 20.0. The molecule has 4 N–H and O–H groups in total. The van der Waals surface area contributed by atoms with Gasteiger partial charge in [0.15, 0.2) is 5.75 Å². The van der Waals surface area contributed by atoms with Crippen molar-refractivity contribution in [3.8, 4) is 17.2 Å². The molecule has 0 radical (unpaired) electrons. The van der Waals surface area contributed by atoms with Gasteiger partial charge >= 0.3 is 12.1 Å². The number of aromatic nitrogens is 2. The van der Waals surface area contributed by atoms with Gasteiger partial charge in [0, 0.05) is 18.2 Å². The molecule has 0 spiro atoms. The first-order valence-corrected chi connectivity index (χ1v) is 8.25. The minimum atomic E-state index is -4.81. The van der Waals surface area contributed by atoms with Crippen LogP contribution in [0.5, 0.6) is 5.75 Å². The van der Waals surface area contributed by atoms with Crippen LogP contribution in [0.25, 0.3) is 11.5 Å². The van der Waals surface area contributed by atoms with Crippen molar-refractivity contribution in [1.82, 2.24) is 10.2 Å². The third kappa shape index (κ3) is 5.90. The Bertz CT molecular complexity index is 801. The van der Waals surface area contributed by atoms with E-state index in [9.17, 15) is 18.0 Å². The second-order valence-electron chi connectivity index (χ2n) is 6.34. The molecule has 1 fully saturated rings. The number of nitrogens with two attached hydrogens (primary N) is 1. The number of aromatic amines is 1. The number of rotatable bonds is 5. The Morgan fingerprint density at radius 3 is 2.59 bits per heavy atom. The van der Waals surface area contributed by atoms with Gasteiger partial charge in [-0.2, -0.15) is 0 Å². The molecule has 1 aliphatic rings. The van der Waals surface area contributed by atoms with Crippen molar-refractivity contribution in [2.24, 2.45) is 11.7 Å². The third-order valence-electron chi connectivity index (χ3n) is 4.36. The van der Waals surface area contributed by atoms with Crippen molar-refractivity contribution < 1.29 is 22.3 Å². The molecule has 1 aliphatic carbocycles. The first kappa shape index (κ1) is 21.1. The molecule has 2 aromatic rings. The van der Waals surface area contributed by atoms with E-state index in [0.717, 1.165) is 31.7 Å². The highest BCUT2D eigenvalue weighted by Gasteiger charge is 2.32. The first-order valence-electron chi connectivity index (χ1n) is 8.25. The van der Waals surface area contributed by atoms with E-state index in [1.54, 1.807) is 0 Å². The number of benzene rings is 1. The lowest BCUT2D eigenvalue weighted by Gasteiger charge is -2.27. The maximum Gasteiger partial charge on any atom is 0.573 e. The monoisotopic (exact) mass is 408 g/mol. The molecule has 11 heteroatoms. The van der Waals surface area contributed by atoms with Crippen LogP contribution >= 0.6 is 12.4 Å². The standard InChI is InChI=1S/C16H19F3N4O3.ClH/c17-16(18,19)26-13-6-3-10(14-22-23-15(24)25-14)7-12(13)21-8-9-1-4-11(20)5-2-9;/h3,6-7,9,11,21H,1-2,4-5,8,20H2,(H,23,24);1H. The van der Waals surface area contributed by atoms with E-state index in [4.69, 9.17) is 10.2 Å². The zero-order valence-electron chi connectivity index (χ0n) is 14.2. The fourth-order valence-electron chi connectivity index (χ4n) is 3.01. The molecule has 0 bridgehead atoms. The van der Waals surface area contributed by atoms with E-state index >= 15 is 0 Å². The summed E-state index contributed by atoms with van der Waals surface area (Å²) in [5, 5.41) is 8.81. The van der Waals surface area contributed by atoms with Gasteiger partial charge in [0.2, 0.25) is 5.89 Å². The minimum Gasteiger partial charge on any atom is -0.404 e. The summed E-state index contributed by atoms with van der Waals surface area (Å²) >= 11 is 0. The van der Waals surface area contributed by atoms with Gasteiger partial charge in [0.1, 0.15) is 0 Å². The van der Waals surface area contributed by atoms with Crippen LogP contribution in [0.2, 0.25) is 0 Å². The Labute approximate surface area is 158 Å². The number of nitrogens with zero attached hydrogens (tertiary/aromatic N) is 1. The van der Waals surface area contributed by atoms with Crippen molar-refractivity contribution in [3.63, 3.8) is 0 Å². The van der Waals surface area contributed by atoms with Crippen LogP contribution in [-0.4, -0.2) is 29.1 Å². The number of hydrogen-bond donors (Lipinski definition) is 3. The average molecular weight is 409 g/mol. The average Bonchev–Trinajstić information content (AvgIpc) is 3.00. The van der Waals surface area contributed by atoms with Gasteiger partial charge in [-0.1, -0.05) is 0 Å². The summed E-state index contributed by atoms with van der Waals surface area (Å²) in [7, 11) is 0. The summed E-state index contributed by atoms with van der Waals surface area (Å²) < 4.78 is 46.9. The fourth-order valence-corrected chi connectivity index (χ4v) is 3.01. The zero-order chi connectivity index (χ0) is 18.7. The van der Waals surface area contributed by atoms with Crippen LogP contribution < -0.4 is 21.5 Å². The van der Waals surface area contributed by atoms with Gasteiger partial charge in [-0.05, 0) is 49.8 Å². The summed E-state index contributed by atoms with van der Waals surface area (Å²) in [5.41, 5.74) is 6.38. The number of alkyl halides is 3. The van der Waals surface area contributed by atoms with Gasteiger partial charge in [-0.15, -0.1) is 30.7 Å². The van der Waals surface area contributed by atoms with Gasteiger partial charge in [0.25, 0.3) is 0 Å². The van der Waals surface area contributed by atoms with Crippen molar-refractivity contribution in [2.75, 3.05) is 11.9 Å². The molecule has 1 aromatic carbocycles. The maximum absolute atomic E-state index is 12.6. The highest BCUT2D eigenvalue weighted by molar-refractivity contribution is 5.85. The van der Waals surface area contributed by atoms with Crippen LogP contribution in [0.4, 0.5) is 18.9 Å². The van der Waals surface area contributed by atoms with E-state index in [1.165, 1.54) is 12.1 Å². The molecular formula is C16H20ClF3N4O3. The van der Waals surface area contributed by atoms with Gasteiger partial charge < -0.3 is 20.2 Å². The highest BCUT2D eigenvalue weighted by Crippen LogP contribution is 2.34. The second kappa shape index (κ2) is 8.66. The lowest BCUT2D eigenvalue weighted by Crippen LogP contribution is -2.29. The number of anilines is 1. The van der Waals surface area contributed by atoms with E-state index in [0.29, 0.717) is 18.0 Å². The maximum atomic E-state index is 12.6. The van der Waals surface area contributed by atoms with Crippen LogP contribution in [-0.2, 0) is 0 Å². The molecule has 0 aliphatic heterocycles. The zero-order valence-corrected chi connectivity index (χ0v) is 15.0. The van der Waals surface area contributed by atoms with E-state index in [-0.39, 0.29) is 35.8 Å². The SMILES string of the molecule is Cl.NC1CCC(CNc2cc(-c3n[nH]c(=O)o3)ccc2OC(F)(F)F)CC1. The molecule has 1 heterocycles. The fraction of sp³-hybridized carbons (Fsp3) is 0.500. The summed E-state index contributed by atoms with van der Waals surface area (Å²) in [5.74, 6) is -0.795. The number of hydrogen-bond acceptors (Lipinski definition) is 6. The molecule has 1 saturated carbocycles. The lowest BCUT2D eigenvalue weighted by molar-refractivity contribution is -0.274. The van der Waals surface area contributed by atoms with Crippen molar-refractivity contribution >= 4 is 18.1 Å². The minimum absolute atomic E-state index is 0. The van der Waals surface area contributed by atoms with Crippen molar-refractivity contribution in [1.29, 1.82) is 0 Å². The third-order valence-corrected chi connectivity index (χ3v) is 4.36. The van der Waals surface area contributed by atoms with Crippen molar-refractivity contribution in [3.05, 3.63) is 28.7 Å². The predicted octanol–water partition coefficient (Wildman–Crippen LogP) is 3.28. The summed E-state index contributed by atoms with van der Waals surface area (Å²) in [6.07, 6.45) is -1.18. The Morgan fingerprint density at radius 1 is 1.30 bits per heavy atom. The first-order chi connectivity index (χ1) is 12.3. The Balaban J connectivity index is 0.00000261. The number of H-pyrrole nitrogens is 1. The molecule has 3 rings (SSSR count). The van der Waals surface area contributed by atoms with Gasteiger partial charge in [-0.3, -0.25) is 0 Å². The molecule has 0 atom stereocenters. The van der Waals surface area contributed by atoms with Crippen LogP contribution in [0, 0.1) is 5.92 Å².